The van der Waals surface area contributed by atoms with Crippen molar-refractivity contribution in [3.63, 3.8) is 0 Å². The molecule has 1 aliphatic heterocycles. The molecular formula is C21H28N2O8. The Kier molecular flexibility index (Phi) is 7.84. The topological polar surface area (TPSA) is 112 Å². The maximum Gasteiger partial charge on any atom is 0.420 e. The van der Waals surface area contributed by atoms with Crippen LogP contribution in [0.25, 0.3) is 0 Å². The molecule has 1 fully saturated rings. The number of methoxy groups -OCH3 is 1. The fourth-order valence-corrected chi connectivity index (χ4v) is 2.85. The van der Waals surface area contributed by atoms with Gasteiger partial charge in [-0.05, 0) is 33.3 Å². The summed E-state index contributed by atoms with van der Waals surface area (Å²) >= 11 is 0. The Labute approximate surface area is 181 Å². The Morgan fingerprint density at radius 2 is 1.87 bits per heavy atom. The maximum atomic E-state index is 12.8. The van der Waals surface area contributed by atoms with E-state index in [2.05, 4.69) is 0 Å². The van der Waals surface area contributed by atoms with Crippen LogP contribution in [0.3, 0.4) is 0 Å². The van der Waals surface area contributed by atoms with Gasteiger partial charge in [-0.3, -0.25) is 4.90 Å². The second-order valence-corrected chi connectivity index (χ2v) is 7.97. The fourth-order valence-electron chi connectivity index (χ4n) is 2.85. The molecule has 0 bridgehead atoms. The summed E-state index contributed by atoms with van der Waals surface area (Å²) in [5, 5.41) is 0. The summed E-state index contributed by atoms with van der Waals surface area (Å²) in [7, 11) is 1.20. The lowest BCUT2D eigenvalue weighted by atomic mass is 10.2. The number of amides is 3. The summed E-state index contributed by atoms with van der Waals surface area (Å²) in [4.78, 5) is 51.4. The number of carbonyl (C=O) groups is 4. The first-order valence-corrected chi connectivity index (χ1v) is 9.77. The molecular weight excluding hydrogens is 408 g/mol. The molecule has 0 spiro atoms. The van der Waals surface area contributed by atoms with E-state index in [0.29, 0.717) is 0 Å². The number of hydrogen-bond donors (Lipinski definition) is 0. The van der Waals surface area contributed by atoms with Crippen LogP contribution < -0.4 is 0 Å². The zero-order valence-electron chi connectivity index (χ0n) is 18.3. The lowest BCUT2D eigenvalue weighted by Crippen LogP contribution is -2.52. The standard InChI is InChI=1S/C21H28N2O8/c1-14(17(24)28-5)22(18(25)29-12-15-9-7-6-8-10-15)11-16-13-30-19(26)23(16)20(27)31-21(2,3)4/h6-10,14,16H,11-13H2,1-5H3/t14-,16-/m0/s1. The van der Waals surface area contributed by atoms with Gasteiger partial charge in [0.25, 0.3) is 0 Å². The van der Waals surface area contributed by atoms with Gasteiger partial charge in [0.1, 0.15) is 24.9 Å². The zero-order chi connectivity index (χ0) is 23.2. The average molecular weight is 436 g/mol. The summed E-state index contributed by atoms with van der Waals surface area (Å²) in [6.07, 6.45) is -2.59. The number of hydrogen-bond acceptors (Lipinski definition) is 8. The van der Waals surface area contributed by atoms with Crippen LogP contribution in [-0.2, 0) is 30.3 Å². The third-order valence-electron chi connectivity index (χ3n) is 4.41. The molecule has 0 unspecified atom stereocenters. The Bertz CT molecular complexity index is 805. The molecule has 10 nitrogen and oxygen atoms in total. The number of benzene rings is 1. The van der Waals surface area contributed by atoms with Crippen LogP contribution in [0.4, 0.5) is 14.4 Å². The minimum Gasteiger partial charge on any atom is -0.467 e. The molecule has 3 amide bonds. The van der Waals surface area contributed by atoms with E-state index in [0.717, 1.165) is 15.4 Å². The molecule has 0 aromatic heterocycles. The highest BCUT2D eigenvalue weighted by Crippen LogP contribution is 2.20. The van der Waals surface area contributed by atoms with Gasteiger partial charge in [-0.2, -0.15) is 0 Å². The van der Waals surface area contributed by atoms with E-state index in [-0.39, 0.29) is 19.8 Å². The number of cyclic esters (lactones) is 1. The molecule has 1 saturated heterocycles. The van der Waals surface area contributed by atoms with Crippen LogP contribution in [0.5, 0.6) is 0 Å². The monoisotopic (exact) mass is 436 g/mol. The van der Waals surface area contributed by atoms with Crippen molar-refractivity contribution in [3.8, 4) is 0 Å². The zero-order valence-corrected chi connectivity index (χ0v) is 18.3. The van der Waals surface area contributed by atoms with Crippen LogP contribution in [0.1, 0.15) is 33.3 Å². The van der Waals surface area contributed by atoms with E-state index >= 15 is 0 Å². The van der Waals surface area contributed by atoms with Gasteiger partial charge >= 0.3 is 24.2 Å². The van der Waals surface area contributed by atoms with Gasteiger partial charge in [0.05, 0.1) is 13.2 Å². The van der Waals surface area contributed by atoms with Crippen molar-refractivity contribution < 1.29 is 38.1 Å². The minimum absolute atomic E-state index is 0.0139. The van der Waals surface area contributed by atoms with E-state index < -0.39 is 41.9 Å². The summed E-state index contributed by atoms with van der Waals surface area (Å²) in [5.41, 5.74) is -0.0748. The number of ether oxygens (including phenoxy) is 4. The van der Waals surface area contributed by atoms with E-state index in [1.54, 1.807) is 45.0 Å². The summed E-state index contributed by atoms with van der Waals surface area (Å²) in [6.45, 7) is 6.07. The SMILES string of the molecule is COC(=O)[C@H](C)N(C[C@H]1COC(=O)N1C(=O)OC(C)(C)C)C(=O)OCc1ccccc1. The Balaban J connectivity index is 2.17. The third-order valence-corrected chi connectivity index (χ3v) is 4.41. The van der Waals surface area contributed by atoms with E-state index in [1.165, 1.54) is 14.0 Å². The van der Waals surface area contributed by atoms with Crippen LogP contribution in [0.15, 0.2) is 30.3 Å². The molecule has 1 aliphatic rings. The molecule has 31 heavy (non-hydrogen) atoms. The molecule has 1 aromatic carbocycles. The molecule has 2 rings (SSSR count). The summed E-state index contributed by atoms with van der Waals surface area (Å²) in [6, 6.07) is 7.13. The Morgan fingerprint density at radius 1 is 1.23 bits per heavy atom. The highest BCUT2D eigenvalue weighted by atomic mass is 16.6. The Hall–Kier alpha value is -3.30. The van der Waals surface area contributed by atoms with Crippen LogP contribution >= 0.6 is 0 Å². The van der Waals surface area contributed by atoms with E-state index in [4.69, 9.17) is 18.9 Å². The van der Waals surface area contributed by atoms with Crippen molar-refractivity contribution in [3.05, 3.63) is 35.9 Å². The van der Waals surface area contributed by atoms with Crippen molar-refractivity contribution in [2.75, 3.05) is 20.3 Å². The summed E-state index contributed by atoms with van der Waals surface area (Å²) in [5.74, 6) is -0.675. The van der Waals surface area contributed by atoms with Gasteiger partial charge in [-0.25, -0.2) is 24.1 Å². The lowest BCUT2D eigenvalue weighted by molar-refractivity contribution is -0.146. The molecule has 0 radical (unpaired) electrons. The minimum atomic E-state index is -1.02. The molecule has 170 valence electrons. The molecule has 1 aromatic rings. The first kappa shape index (κ1) is 24.0. The fraction of sp³-hybridized carbons (Fsp3) is 0.524. The largest absolute Gasteiger partial charge is 0.467 e. The number of nitrogens with zero attached hydrogens (tertiary/aromatic N) is 2. The molecule has 0 N–H and O–H groups in total. The van der Waals surface area contributed by atoms with Gasteiger partial charge in [0, 0.05) is 6.54 Å². The molecule has 0 saturated carbocycles. The van der Waals surface area contributed by atoms with Crippen molar-refractivity contribution in [1.29, 1.82) is 0 Å². The summed E-state index contributed by atoms with van der Waals surface area (Å²) < 4.78 is 20.3. The second-order valence-electron chi connectivity index (χ2n) is 7.97. The number of imide groups is 1. The molecule has 1 heterocycles. The normalized spacial score (nSPS) is 16.9. The smallest absolute Gasteiger partial charge is 0.420 e. The van der Waals surface area contributed by atoms with Crippen molar-refractivity contribution in [2.45, 2.75) is 52.0 Å². The highest BCUT2D eigenvalue weighted by molar-refractivity contribution is 5.90. The van der Waals surface area contributed by atoms with Gasteiger partial charge in [0.2, 0.25) is 0 Å². The first-order chi connectivity index (χ1) is 14.5. The van der Waals surface area contributed by atoms with Crippen molar-refractivity contribution in [2.24, 2.45) is 0 Å². The predicted octanol–water partition coefficient (Wildman–Crippen LogP) is 2.94. The molecule has 10 heteroatoms. The Morgan fingerprint density at radius 3 is 2.45 bits per heavy atom. The van der Waals surface area contributed by atoms with Crippen molar-refractivity contribution in [1.82, 2.24) is 9.80 Å². The van der Waals surface area contributed by atoms with E-state index in [9.17, 15) is 19.2 Å². The second kappa shape index (κ2) is 10.1. The van der Waals surface area contributed by atoms with Crippen molar-refractivity contribution >= 4 is 24.2 Å². The highest BCUT2D eigenvalue weighted by Gasteiger charge is 2.43. The first-order valence-electron chi connectivity index (χ1n) is 9.77. The number of carbonyl (C=O) groups excluding carboxylic acids is 4. The van der Waals surface area contributed by atoms with Crippen LogP contribution in [-0.4, -0.2) is 72.0 Å². The number of esters is 1. The van der Waals surface area contributed by atoms with Gasteiger partial charge in [0.15, 0.2) is 0 Å². The van der Waals surface area contributed by atoms with Gasteiger partial charge < -0.3 is 18.9 Å². The van der Waals surface area contributed by atoms with Crippen LogP contribution in [0.2, 0.25) is 0 Å². The van der Waals surface area contributed by atoms with E-state index in [1.807, 2.05) is 6.07 Å². The van der Waals surface area contributed by atoms with Gasteiger partial charge in [-0.15, -0.1) is 0 Å². The quantitative estimate of drug-likeness (QED) is 0.494. The predicted molar refractivity (Wildman–Crippen MR) is 108 cm³/mol. The average Bonchev–Trinajstić information content (AvgIpc) is 3.08. The van der Waals surface area contributed by atoms with Gasteiger partial charge in [-0.1, -0.05) is 30.3 Å². The van der Waals surface area contributed by atoms with Crippen LogP contribution in [0, 0.1) is 0 Å². The lowest BCUT2D eigenvalue weighted by Gasteiger charge is -2.31. The maximum absolute atomic E-state index is 12.8. The molecule has 2 atom stereocenters. The third kappa shape index (κ3) is 6.59. The molecule has 0 aliphatic carbocycles. The number of rotatable bonds is 6.